The third-order valence-electron chi connectivity index (χ3n) is 2.93. The Kier molecular flexibility index (Phi) is 3.82. The van der Waals surface area contributed by atoms with Gasteiger partial charge in [0.1, 0.15) is 5.76 Å². The van der Waals surface area contributed by atoms with Crippen molar-refractivity contribution in [1.82, 2.24) is 5.32 Å². The van der Waals surface area contributed by atoms with Crippen LogP contribution in [-0.2, 0) is 16.0 Å². The molecule has 0 bridgehead atoms. The van der Waals surface area contributed by atoms with Crippen molar-refractivity contribution in [2.75, 3.05) is 0 Å². The van der Waals surface area contributed by atoms with Crippen LogP contribution in [0, 0.1) is 5.92 Å². The molecule has 5 heteroatoms. The molecule has 0 saturated carbocycles. The molecule has 96 valence electrons. The SMILES string of the molecule is O=C(CCc1ccco1)NC1C=CC(C(=O)O)C1. The number of carboxylic acid groups (broad SMARTS) is 1. The smallest absolute Gasteiger partial charge is 0.310 e. The van der Waals surface area contributed by atoms with Crippen molar-refractivity contribution in [3.05, 3.63) is 36.3 Å². The van der Waals surface area contributed by atoms with Crippen LogP contribution in [0.15, 0.2) is 35.0 Å². The molecular weight excluding hydrogens is 234 g/mol. The van der Waals surface area contributed by atoms with E-state index in [9.17, 15) is 9.59 Å². The molecule has 0 aromatic carbocycles. The van der Waals surface area contributed by atoms with E-state index >= 15 is 0 Å². The molecule has 0 aliphatic heterocycles. The van der Waals surface area contributed by atoms with Crippen LogP contribution in [0.4, 0.5) is 0 Å². The topological polar surface area (TPSA) is 79.5 Å². The van der Waals surface area contributed by atoms with Gasteiger partial charge in [-0.25, -0.2) is 0 Å². The van der Waals surface area contributed by atoms with Crippen LogP contribution in [0.3, 0.4) is 0 Å². The second-order valence-electron chi connectivity index (χ2n) is 4.32. The summed E-state index contributed by atoms with van der Waals surface area (Å²) in [5, 5.41) is 11.6. The van der Waals surface area contributed by atoms with Crippen molar-refractivity contribution in [3.8, 4) is 0 Å². The molecule has 1 amide bonds. The van der Waals surface area contributed by atoms with Crippen LogP contribution >= 0.6 is 0 Å². The minimum absolute atomic E-state index is 0.0907. The summed E-state index contributed by atoms with van der Waals surface area (Å²) in [7, 11) is 0. The largest absolute Gasteiger partial charge is 0.481 e. The highest BCUT2D eigenvalue weighted by molar-refractivity contribution is 5.77. The Bertz CT molecular complexity index is 450. The van der Waals surface area contributed by atoms with Crippen LogP contribution in [-0.4, -0.2) is 23.0 Å². The second-order valence-corrected chi connectivity index (χ2v) is 4.32. The summed E-state index contributed by atoms with van der Waals surface area (Å²) in [6.07, 6.45) is 6.27. The molecule has 1 aliphatic carbocycles. The first-order chi connectivity index (χ1) is 8.65. The molecule has 2 atom stereocenters. The van der Waals surface area contributed by atoms with Crippen LogP contribution < -0.4 is 5.32 Å². The molecule has 2 rings (SSSR count). The maximum Gasteiger partial charge on any atom is 0.310 e. The average Bonchev–Trinajstić information content (AvgIpc) is 2.96. The van der Waals surface area contributed by atoms with E-state index in [0.717, 1.165) is 5.76 Å². The molecule has 1 aromatic rings. The quantitative estimate of drug-likeness (QED) is 0.772. The predicted molar refractivity (Wildman–Crippen MR) is 63.8 cm³/mol. The second kappa shape index (κ2) is 5.53. The number of aliphatic carboxylic acids is 1. The number of amides is 1. The highest BCUT2D eigenvalue weighted by Crippen LogP contribution is 2.18. The lowest BCUT2D eigenvalue weighted by Gasteiger charge is -2.11. The molecule has 0 radical (unpaired) electrons. The number of carbonyl (C=O) groups excluding carboxylic acids is 1. The van der Waals surface area contributed by atoms with E-state index in [1.807, 2.05) is 6.07 Å². The number of rotatable bonds is 5. The number of nitrogens with one attached hydrogen (secondary N) is 1. The Morgan fingerprint density at radius 2 is 2.28 bits per heavy atom. The Balaban J connectivity index is 1.72. The summed E-state index contributed by atoms with van der Waals surface area (Å²) in [4.78, 5) is 22.4. The van der Waals surface area contributed by atoms with Crippen LogP contribution in [0.2, 0.25) is 0 Å². The molecule has 1 heterocycles. The van der Waals surface area contributed by atoms with Gasteiger partial charge in [0.2, 0.25) is 5.91 Å². The van der Waals surface area contributed by atoms with E-state index in [1.54, 1.807) is 24.5 Å². The van der Waals surface area contributed by atoms with Gasteiger partial charge in [-0.1, -0.05) is 12.2 Å². The summed E-state index contributed by atoms with van der Waals surface area (Å²) < 4.78 is 5.13. The third-order valence-corrected chi connectivity index (χ3v) is 2.93. The monoisotopic (exact) mass is 249 g/mol. The Hall–Kier alpha value is -2.04. The Labute approximate surface area is 104 Å². The van der Waals surface area contributed by atoms with E-state index in [4.69, 9.17) is 9.52 Å². The molecule has 0 spiro atoms. The highest BCUT2D eigenvalue weighted by atomic mass is 16.4. The summed E-state index contributed by atoms with van der Waals surface area (Å²) in [6, 6.07) is 3.43. The number of carboxylic acids is 1. The first-order valence-corrected chi connectivity index (χ1v) is 5.88. The average molecular weight is 249 g/mol. The summed E-state index contributed by atoms with van der Waals surface area (Å²) in [6.45, 7) is 0. The first-order valence-electron chi connectivity index (χ1n) is 5.88. The van der Waals surface area contributed by atoms with Crippen LogP contribution in [0.25, 0.3) is 0 Å². The minimum Gasteiger partial charge on any atom is -0.481 e. The maximum atomic E-state index is 11.6. The minimum atomic E-state index is -0.849. The van der Waals surface area contributed by atoms with Crippen molar-refractivity contribution in [1.29, 1.82) is 0 Å². The van der Waals surface area contributed by atoms with E-state index < -0.39 is 11.9 Å². The molecule has 2 unspecified atom stereocenters. The van der Waals surface area contributed by atoms with Gasteiger partial charge in [0.25, 0.3) is 0 Å². The van der Waals surface area contributed by atoms with E-state index in [2.05, 4.69) is 5.32 Å². The zero-order chi connectivity index (χ0) is 13.0. The van der Waals surface area contributed by atoms with Gasteiger partial charge in [-0.2, -0.15) is 0 Å². The van der Waals surface area contributed by atoms with Gasteiger partial charge in [0, 0.05) is 18.9 Å². The van der Waals surface area contributed by atoms with Gasteiger partial charge >= 0.3 is 5.97 Å². The van der Waals surface area contributed by atoms with Crippen LogP contribution in [0.5, 0.6) is 0 Å². The maximum absolute atomic E-state index is 11.6. The fourth-order valence-corrected chi connectivity index (χ4v) is 1.96. The normalized spacial score (nSPS) is 22.0. The Morgan fingerprint density at radius 1 is 1.44 bits per heavy atom. The van der Waals surface area contributed by atoms with E-state index in [1.165, 1.54) is 0 Å². The number of carbonyl (C=O) groups is 2. The lowest BCUT2D eigenvalue weighted by molar-refractivity contribution is -0.140. The summed E-state index contributed by atoms with van der Waals surface area (Å²) in [5.41, 5.74) is 0. The molecule has 5 nitrogen and oxygen atoms in total. The summed E-state index contributed by atoms with van der Waals surface area (Å²) >= 11 is 0. The van der Waals surface area contributed by atoms with Crippen molar-refractivity contribution < 1.29 is 19.1 Å². The zero-order valence-corrected chi connectivity index (χ0v) is 9.83. The molecule has 0 saturated heterocycles. The van der Waals surface area contributed by atoms with Gasteiger partial charge in [-0.05, 0) is 18.6 Å². The first kappa shape index (κ1) is 12.4. The van der Waals surface area contributed by atoms with Crippen molar-refractivity contribution >= 4 is 11.9 Å². The number of aryl methyl sites for hydroxylation is 1. The number of hydrogen-bond acceptors (Lipinski definition) is 3. The molecule has 18 heavy (non-hydrogen) atoms. The zero-order valence-electron chi connectivity index (χ0n) is 9.83. The standard InChI is InChI=1S/C13H15NO4/c15-12(6-5-11-2-1-7-18-11)14-10-4-3-9(8-10)13(16)17/h1-4,7,9-10H,5-6,8H2,(H,14,15)(H,16,17). The van der Waals surface area contributed by atoms with Crippen LogP contribution in [0.1, 0.15) is 18.6 Å². The van der Waals surface area contributed by atoms with Gasteiger partial charge in [-0.15, -0.1) is 0 Å². The molecule has 0 fully saturated rings. The number of furan rings is 1. The van der Waals surface area contributed by atoms with Gasteiger partial charge < -0.3 is 14.8 Å². The van der Waals surface area contributed by atoms with Crippen molar-refractivity contribution in [2.24, 2.45) is 5.92 Å². The Morgan fingerprint density at radius 3 is 2.89 bits per heavy atom. The lowest BCUT2D eigenvalue weighted by Crippen LogP contribution is -2.33. The third kappa shape index (κ3) is 3.23. The highest BCUT2D eigenvalue weighted by Gasteiger charge is 2.25. The van der Waals surface area contributed by atoms with Gasteiger partial charge in [-0.3, -0.25) is 9.59 Å². The van der Waals surface area contributed by atoms with Crippen molar-refractivity contribution in [3.63, 3.8) is 0 Å². The fraction of sp³-hybridized carbons (Fsp3) is 0.385. The number of hydrogen-bond donors (Lipinski definition) is 2. The van der Waals surface area contributed by atoms with E-state index in [0.29, 0.717) is 19.3 Å². The van der Waals surface area contributed by atoms with Crippen molar-refractivity contribution in [2.45, 2.75) is 25.3 Å². The summed E-state index contributed by atoms with van der Waals surface area (Å²) in [5.74, 6) is -0.651. The predicted octanol–water partition coefficient (Wildman–Crippen LogP) is 1.36. The van der Waals surface area contributed by atoms with E-state index in [-0.39, 0.29) is 11.9 Å². The molecular formula is C13H15NO4. The van der Waals surface area contributed by atoms with Gasteiger partial charge in [0.15, 0.2) is 0 Å². The molecule has 1 aliphatic rings. The molecule has 2 N–H and O–H groups in total. The lowest BCUT2D eigenvalue weighted by atomic mass is 10.1. The van der Waals surface area contributed by atoms with Gasteiger partial charge in [0.05, 0.1) is 12.2 Å². The fourth-order valence-electron chi connectivity index (χ4n) is 1.96. The molecule has 1 aromatic heterocycles.